The van der Waals surface area contributed by atoms with Gasteiger partial charge >= 0.3 is 0 Å². The van der Waals surface area contributed by atoms with E-state index in [2.05, 4.69) is 25.5 Å². The average molecular weight is 294 g/mol. The normalized spacial score (nSPS) is 21.0. The third kappa shape index (κ3) is 4.26. The zero-order valence-corrected chi connectivity index (χ0v) is 12.6. The number of aromatic nitrogens is 1. The molecule has 2 heterocycles. The van der Waals surface area contributed by atoms with Gasteiger partial charge in [0.2, 0.25) is 5.91 Å². The molecule has 0 atom stereocenters. The summed E-state index contributed by atoms with van der Waals surface area (Å²) in [5.41, 5.74) is 3.04. The van der Waals surface area contributed by atoms with Crippen molar-refractivity contribution in [2.75, 3.05) is 39.3 Å². The highest BCUT2D eigenvalue weighted by Crippen LogP contribution is 2.27. The maximum Gasteiger partial charge on any atom is 0.234 e. The van der Waals surface area contributed by atoms with Gasteiger partial charge in [0.15, 0.2) is 0 Å². The molecule has 1 aromatic heterocycles. The highest BCUT2D eigenvalue weighted by atomic mass is 32.1. The number of amides is 1. The lowest BCUT2D eigenvalue weighted by Gasteiger charge is -2.33. The Hall–Kier alpha value is -0.980. The molecule has 1 N–H and O–H groups in total. The Morgan fingerprint density at radius 2 is 2.05 bits per heavy atom. The first kappa shape index (κ1) is 14.0. The number of hydrogen-bond acceptors (Lipinski definition) is 5. The lowest BCUT2D eigenvalue weighted by atomic mass is 10.3. The highest BCUT2D eigenvalue weighted by Gasteiger charge is 2.23. The molecule has 0 bridgehead atoms. The number of carbonyl (C=O) groups is 1. The molecular formula is C14H22N4OS. The van der Waals surface area contributed by atoms with Gasteiger partial charge in [0.25, 0.3) is 0 Å². The standard InChI is InChI=1S/C14H22N4OS/c19-14(15-7-12-1-2-12)9-18-5-3-17(4-6-18)8-13-10-20-11-16-13/h10-12H,1-9H2,(H,15,19). The van der Waals surface area contributed by atoms with E-state index in [-0.39, 0.29) is 5.91 Å². The number of piperazine rings is 1. The molecule has 0 spiro atoms. The van der Waals surface area contributed by atoms with Gasteiger partial charge in [-0.15, -0.1) is 11.3 Å². The summed E-state index contributed by atoms with van der Waals surface area (Å²) in [7, 11) is 0. The molecule has 1 amide bonds. The summed E-state index contributed by atoms with van der Waals surface area (Å²) < 4.78 is 0. The molecule has 6 heteroatoms. The molecule has 1 saturated carbocycles. The Morgan fingerprint density at radius 3 is 2.70 bits per heavy atom. The largest absolute Gasteiger partial charge is 0.355 e. The van der Waals surface area contributed by atoms with Crippen LogP contribution in [0.3, 0.4) is 0 Å². The first-order valence-electron chi connectivity index (χ1n) is 7.38. The van der Waals surface area contributed by atoms with Crippen molar-refractivity contribution < 1.29 is 4.79 Å². The van der Waals surface area contributed by atoms with Crippen LogP contribution in [0, 0.1) is 5.92 Å². The predicted molar refractivity (Wildman–Crippen MR) is 79.6 cm³/mol. The number of thiazole rings is 1. The monoisotopic (exact) mass is 294 g/mol. The minimum atomic E-state index is 0.185. The van der Waals surface area contributed by atoms with Crippen LogP contribution in [0.5, 0.6) is 0 Å². The van der Waals surface area contributed by atoms with Gasteiger partial charge in [0, 0.05) is 44.6 Å². The molecule has 1 aliphatic carbocycles. The molecule has 0 aromatic carbocycles. The summed E-state index contributed by atoms with van der Waals surface area (Å²) in [4.78, 5) is 20.8. The zero-order chi connectivity index (χ0) is 13.8. The Bertz CT molecular complexity index is 424. The number of nitrogens with one attached hydrogen (secondary N) is 1. The number of hydrogen-bond donors (Lipinski definition) is 1. The maximum absolute atomic E-state index is 11.8. The van der Waals surface area contributed by atoms with Crippen LogP contribution in [-0.2, 0) is 11.3 Å². The molecule has 3 rings (SSSR count). The van der Waals surface area contributed by atoms with Crippen LogP contribution in [0.1, 0.15) is 18.5 Å². The summed E-state index contributed by atoms with van der Waals surface area (Å²) in [6, 6.07) is 0. The number of carbonyl (C=O) groups excluding carboxylic acids is 1. The second kappa shape index (κ2) is 6.65. The number of rotatable bonds is 6. The van der Waals surface area contributed by atoms with Crippen molar-refractivity contribution in [3.8, 4) is 0 Å². The summed E-state index contributed by atoms with van der Waals surface area (Å²) in [6.07, 6.45) is 2.57. The van der Waals surface area contributed by atoms with Crippen LogP contribution >= 0.6 is 11.3 Å². The SMILES string of the molecule is O=C(CN1CCN(Cc2cscn2)CC1)NCC1CC1. The van der Waals surface area contributed by atoms with Crippen LogP contribution in [-0.4, -0.2) is 60.0 Å². The second-order valence-electron chi connectivity index (χ2n) is 5.78. The van der Waals surface area contributed by atoms with Gasteiger partial charge in [-0.25, -0.2) is 4.98 Å². The Morgan fingerprint density at radius 1 is 1.30 bits per heavy atom. The van der Waals surface area contributed by atoms with Crippen LogP contribution in [0.25, 0.3) is 0 Å². The van der Waals surface area contributed by atoms with E-state index < -0.39 is 0 Å². The van der Waals surface area contributed by atoms with Crippen molar-refractivity contribution in [1.29, 1.82) is 0 Å². The van der Waals surface area contributed by atoms with E-state index in [1.807, 2.05) is 5.51 Å². The molecule has 20 heavy (non-hydrogen) atoms. The second-order valence-corrected chi connectivity index (χ2v) is 6.50. The van der Waals surface area contributed by atoms with Gasteiger partial charge in [-0.2, -0.15) is 0 Å². The molecule has 1 aromatic rings. The van der Waals surface area contributed by atoms with Crippen LogP contribution in [0.2, 0.25) is 0 Å². The smallest absolute Gasteiger partial charge is 0.234 e. The van der Waals surface area contributed by atoms with Crippen molar-refractivity contribution in [3.63, 3.8) is 0 Å². The fraction of sp³-hybridized carbons (Fsp3) is 0.714. The van der Waals surface area contributed by atoms with Crippen LogP contribution in [0.15, 0.2) is 10.9 Å². The summed E-state index contributed by atoms with van der Waals surface area (Å²) in [6.45, 7) is 6.36. The van der Waals surface area contributed by atoms with Gasteiger partial charge in [-0.05, 0) is 18.8 Å². The van der Waals surface area contributed by atoms with E-state index in [0.717, 1.165) is 50.9 Å². The van der Waals surface area contributed by atoms with E-state index in [4.69, 9.17) is 0 Å². The average Bonchev–Trinajstić information content (AvgIpc) is 3.15. The summed E-state index contributed by atoms with van der Waals surface area (Å²) in [5.74, 6) is 0.943. The summed E-state index contributed by atoms with van der Waals surface area (Å²) >= 11 is 1.65. The van der Waals surface area contributed by atoms with Crippen molar-refractivity contribution in [1.82, 2.24) is 20.1 Å². The Balaban J connectivity index is 1.34. The molecule has 0 unspecified atom stereocenters. The first-order valence-corrected chi connectivity index (χ1v) is 8.32. The number of nitrogens with zero attached hydrogens (tertiary/aromatic N) is 3. The third-order valence-corrected chi connectivity index (χ3v) is 4.62. The first-order chi connectivity index (χ1) is 9.79. The quantitative estimate of drug-likeness (QED) is 0.842. The van der Waals surface area contributed by atoms with Gasteiger partial charge in [-0.3, -0.25) is 14.6 Å². The third-order valence-electron chi connectivity index (χ3n) is 3.99. The molecule has 2 aliphatic rings. The minimum absolute atomic E-state index is 0.185. The minimum Gasteiger partial charge on any atom is -0.355 e. The maximum atomic E-state index is 11.8. The Kier molecular flexibility index (Phi) is 4.65. The molecular weight excluding hydrogens is 272 g/mol. The fourth-order valence-electron chi connectivity index (χ4n) is 2.49. The van der Waals surface area contributed by atoms with Gasteiger partial charge in [0.1, 0.15) is 0 Å². The van der Waals surface area contributed by atoms with Crippen LogP contribution < -0.4 is 5.32 Å². The molecule has 5 nitrogen and oxygen atoms in total. The fourth-order valence-corrected chi connectivity index (χ4v) is 3.04. The van der Waals surface area contributed by atoms with E-state index in [1.165, 1.54) is 12.8 Å². The van der Waals surface area contributed by atoms with Crippen molar-refractivity contribution in [3.05, 3.63) is 16.6 Å². The van der Waals surface area contributed by atoms with Gasteiger partial charge in [0.05, 0.1) is 17.7 Å². The Labute approximate surface area is 124 Å². The van der Waals surface area contributed by atoms with Crippen LogP contribution in [0.4, 0.5) is 0 Å². The van der Waals surface area contributed by atoms with E-state index >= 15 is 0 Å². The lowest BCUT2D eigenvalue weighted by Crippen LogP contribution is -2.49. The lowest BCUT2D eigenvalue weighted by molar-refractivity contribution is -0.122. The molecule has 110 valence electrons. The van der Waals surface area contributed by atoms with Gasteiger partial charge < -0.3 is 5.32 Å². The zero-order valence-electron chi connectivity index (χ0n) is 11.8. The highest BCUT2D eigenvalue weighted by molar-refractivity contribution is 7.07. The molecule has 0 radical (unpaired) electrons. The molecule has 1 aliphatic heterocycles. The van der Waals surface area contributed by atoms with E-state index in [9.17, 15) is 4.79 Å². The van der Waals surface area contributed by atoms with Crippen molar-refractivity contribution in [2.24, 2.45) is 5.92 Å². The van der Waals surface area contributed by atoms with Crippen molar-refractivity contribution in [2.45, 2.75) is 19.4 Å². The topological polar surface area (TPSA) is 48.5 Å². The van der Waals surface area contributed by atoms with Gasteiger partial charge in [-0.1, -0.05) is 0 Å². The molecule has 1 saturated heterocycles. The van der Waals surface area contributed by atoms with Crippen molar-refractivity contribution >= 4 is 17.2 Å². The predicted octanol–water partition coefficient (Wildman–Crippen LogP) is 0.787. The van der Waals surface area contributed by atoms with E-state index in [0.29, 0.717) is 6.54 Å². The summed E-state index contributed by atoms with van der Waals surface area (Å²) in [5, 5.41) is 5.15. The van der Waals surface area contributed by atoms with E-state index in [1.54, 1.807) is 11.3 Å². The molecule has 2 fully saturated rings.